The van der Waals surface area contributed by atoms with Gasteiger partial charge in [0.2, 0.25) is 5.91 Å². The molecule has 4 bridgehead atoms. The predicted octanol–water partition coefficient (Wildman–Crippen LogP) is 5.90. The number of piperidine rings is 1. The first kappa shape index (κ1) is 18.5. The summed E-state index contributed by atoms with van der Waals surface area (Å²) in [7, 11) is 0. The number of carbonyl (C=O) groups excluding carboxylic acids is 1. The van der Waals surface area contributed by atoms with Gasteiger partial charge in [0.1, 0.15) is 0 Å². The molecule has 0 aromatic rings. The Balaban J connectivity index is 1.37. The fourth-order valence-electron chi connectivity index (χ4n) is 10.0. The number of carbonyl (C=O) groups is 1. The van der Waals surface area contributed by atoms with Crippen LogP contribution in [0.15, 0.2) is 0 Å². The van der Waals surface area contributed by atoms with E-state index in [2.05, 4.69) is 46.4 Å². The van der Waals surface area contributed by atoms with Crippen LogP contribution in [0, 0.1) is 45.3 Å². The van der Waals surface area contributed by atoms with Gasteiger partial charge in [-0.1, -0.05) is 41.5 Å². The Labute approximate surface area is 166 Å². The molecule has 4 saturated carbocycles. The largest absolute Gasteiger partial charge is 0.339 e. The molecule has 1 amide bonds. The van der Waals surface area contributed by atoms with E-state index in [1.807, 2.05) is 0 Å². The molecule has 0 radical (unpaired) electrons. The van der Waals surface area contributed by atoms with Crippen LogP contribution in [0.2, 0.25) is 0 Å². The molecule has 0 N–H and O–H groups in total. The molecule has 152 valence electrons. The molecule has 0 spiro atoms. The zero-order chi connectivity index (χ0) is 19.4. The number of rotatable bonds is 2. The van der Waals surface area contributed by atoms with Gasteiger partial charge in [-0.15, -0.1) is 0 Å². The van der Waals surface area contributed by atoms with Crippen LogP contribution in [0.5, 0.6) is 0 Å². The highest BCUT2D eigenvalue weighted by Crippen LogP contribution is 2.69. The van der Waals surface area contributed by atoms with E-state index in [1.165, 1.54) is 44.9 Å². The molecular formula is C25H41NO. The van der Waals surface area contributed by atoms with Gasteiger partial charge in [-0.2, -0.15) is 0 Å². The van der Waals surface area contributed by atoms with Crippen LogP contribution >= 0.6 is 0 Å². The van der Waals surface area contributed by atoms with Crippen LogP contribution < -0.4 is 0 Å². The average molecular weight is 372 g/mol. The minimum absolute atomic E-state index is 0.299. The molecule has 1 heterocycles. The highest BCUT2D eigenvalue weighted by atomic mass is 16.2. The molecule has 1 aliphatic heterocycles. The van der Waals surface area contributed by atoms with E-state index in [9.17, 15) is 4.79 Å². The van der Waals surface area contributed by atoms with Crippen molar-refractivity contribution < 1.29 is 4.79 Å². The molecule has 0 aromatic carbocycles. The molecule has 2 nitrogen and oxygen atoms in total. The SMILES string of the molecule is CC12CCC(C1)C(C)(C)C2C1CCN(C2C3(C)CCC(C3)C2(C)C)C(=O)C1. The van der Waals surface area contributed by atoms with Gasteiger partial charge >= 0.3 is 0 Å². The standard InChI is InChI=1S/C25H41NO/c1-22(2)17-7-10-24(5,14-17)20(22)16-9-12-26(19(27)13-16)21-23(3,4)18-8-11-25(21,6)15-18/h16-18,20-21H,7-15H2,1-6H3. The Morgan fingerprint density at radius 1 is 0.815 bits per heavy atom. The Morgan fingerprint density at radius 3 is 1.93 bits per heavy atom. The molecule has 5 aliphatic rings. The minimum Gasteiger partial charge on any atom is -0.339 e. The summed E-state index contributed by atoms with van der Waals surface area (Å²) >= 11 is 0. The summed E-state index contributed by atoms with van der Waals surface area (Å²) in [5.41, 5.74) is 1.60. The van der Waals surface area contributed by atoms with Crippen molar-refractivity contribution in [3.05, 3.63) is 0 Å². The fraction of sp³-hybridized carbons (Fsp3) is 0.960. The predicted molar refractivity (Wildman–Crippen MR) is 110 cm³/mol. The van der Waals surface area contributed by atoms with Crippen molar-refractivity contribution in [2.75, 3.05) is 6.54 Å². The lowest BCUT2D eigenvalue weighted by atomic mass is 9.57. The van der Waals surface area contributed by atoms with Gasteiger partial charge in [-0.25, -0.2) is 0 Å². The van der Waals surface area contributed by atoms with E-state index in [0.29, 0.717) is 39.5 Å². The molecule has 2 heteroatoms. The van der Waals surface area contributed by atoms with Crippen molar-refractivity contribution in [1.29, 1.82) is 0 Å². The summed E-state index contributed by atoms with van der Waals surface area (Å²) in [4.78, 5) is 15.9. The third-order valence-electron chi connectivity index (χ3n) is 10.9. The summed E-state index contributed by atoms with van der Waals surface area (Å²) in [6.45, 7) is 16.0. The van der Waals surface area contributed by atoms with Crippen molar-refractivity contribution in [3.63, 3.8) is 0 Å². The Kier molecular flexibility index (Phi) is 3.65. The second-order valence-electron chi connectivity index (χ2n) is 13.1. The first-order valence-corrected chi connectivity index (χ1v) is 11.8. The smallest absolute Gasteiger partial charge is 0.223 e. The van der Waals surface area contributed by atoms with Crippen molar-refractivity contribution in [1.82, 2.24) is 4.90 Å². The van der Waals surface area contributed by atoms with Crippen LogP contribution in [0.3, 0.4) is 0 Å². The van der Waals surface area contributed by atoms with Crippen LogP contribution in [-0.4, -0.2) is 23.4 Å². The molecule has 7 atom stereocenters. The minimum atomic E-state index is 0.299. The highest BCUT2D eigenvalue weighted by Gasteiger charge is 2.64. The second-order valence-corrected chi connectivity index (χ2v) is 13.1. The van der Waals surface area contributed by atoms with E-state index >= 15 is 0 Å². The maximum atomic E-state index is 13.5. The third-order valence-corrected chi connectivity index (χ3v) is 10.9. The van der Waals surface area contributed by atoms with Gasteiger partial charge in [0.25, 0.3) is 0 Å². The number of amides is 1. The number of fused-ring (bicyclic) bond motifs is 4. The van der Waals surface area contributed by atoms with Crippen molar-refractivity contribution >= 4 is 5.91 Å². The van der Waals surface area contributed by atoms with Crippen molar-refractivity contribution in [2.45, 2.75) is 99.0 Å². The normalized spacial score (nSPS) is 52.7. The summed E-state index contributed by atoms with van der Waals surface area (Å²) in [5.74, 6) is 3.57. The molecule has 5 rings (SSSR count). The monoisotopic (exact) mass is 371 g/mol. The van der Waals surface area contributed by atoms with E-state index in [0.717, 1.165) is 30.7 Å². The van der Waals surface area contributed by atoms with E-state index in [4.69, 9.17) is 0 Å². The lowest BCUT2D eigenvalue weighted by Gasteiger charge is -2.53. The maximum Gasteiger partial charge on any atom is 0.223 e. The van der Waals surface area contributed by atoms with Crippen LogP contribution in [0.25, 0.3) is 0 Å². The molecule has 7 unspecified atom stereocenters. The van der Waals surface area contributed by atoms with E-state index < -0.39 is 0 Å². The first-order valence-electron chi connectivity index (χ1n) is 11.8. The van der Waals surface area contributed by atoms with Gasteiger partial charge in [0, 0.05) is 19.0 Å². The topological polar surface area (TPSA) is 20.3 Å². The summed E-state index contributed by atoms with van der Waals surface area (Å²) in [5, 5.41) is 0. The van der Waals surface area contributed by atoms with Gasteiger partial charge in [0.05, 0.1) is 0 Å². The number of hydrogen-bond donors (Lipinski definition) is 0. The lowest BCUT2D eigenvalue weighted by molar-refractivity contribution is -0.148. The zero-order valence-corrected chi connectivity index (χ0v) is 18.6. The summed E-state index contributed by atoms with van der Waals surface area (Å²) < 4.78 is 0. The van der Waals surface area contributed by atoms with Gasteiger partial charge in [0.15, 0.2) is 0 Å². The van der Waals surface area contributed by atoms with Crippen molar-refractivity contribution in [3.8, 4) is 0 Å². The number of likely N-dealkylation sites (tertiary alicyclic amines) is 1. The lowest BCUT2D eigenvalue weighted by Crippen LogP contribution is -2.58. The fourth-order valence-corrected chi connectivity index (χ4v) is 10.0. The van der Waals surface area contributed by atoms with Gasteiger partial charge < -0.3 is 4.90 Å². The second kappa shape index (κ2) is 5.33. The molecule has 1 saturated heterocycles. The number of nitrogens with zero attached hydrogens (tertiary/aromatic N) is 1. The van der Waals surface area contributed by atoms with E-state index in [-0.39, 0.29) is 0 Å². The Morgan fingerprint density at radius 2 is 1.41 bits per heavy atom. The number of hydrogen-bond acceptors (Lipinski definition) is 1. The quantitative estimate of drug-likeness (QED) is 0.591. The Bertz CT molecular complexity index is 656. The van der Waals surface area contributed by atoms with Crippen LogP contribution in [0.1, 0.15) is 92.9 Å². The average Bonchev–Trinajstić information content (AvgIpc) is 3.22. The van der Waals surface area contributed by atoms with E-state index in [1.54, 1.807) is 0 Å². The molecule has 27 heavy (non-hydrogen) atoms. The van der Waals surface area contributed by atoms with Crippen LogP contribution in [-0.2, 0) is 4.79 Å². The maximum absolute atomic E-state index is 13.5. The van der Waals surface area contributed by atoms with Gasteiger partial charge in [-0.05, 0) is 90.3 Å². The third kappa shape index (κ3) is 2.28. The van der Waals surface area contributed by atoms with Crippen LogP contribution in [0.4, 0.5) is 0 Å². The molecular weight excluding hydrogens is 330 g/mol. The summed E-state index contributed by atoms with van der Waals surface area (Å²) in [6.07, 6.45) is 10.3. The molecule has 0 aromatic heterocycles. The highest BCUT2D eigenvalue weighted by molar-refractivity contribution is 5.78. The summed E-state index contributed by atoms with van der Waals surface area (Å²) in [6, 6.07) is 0.473. The van der Waals surface area contributed by atoms with Gasteiger partial charge in [-0.3, -0.25) is 4.79 Å². The molecule has 5 fully saturated rings. The Hall–Kier alpha value is -0.530. The molecule has 4 aliphatic carbocycles. The first-order chi connectivity index (χ1) is 12.5. The zero-order valence-electron chi connectivity index (χ0n) is 18.6. The van der Waals surface area contributed by atoms with Crippen molar-refractivity contribution in [2.24, 2.45) is 45.3 Å².